The highest BCUT2D eigenvalue weighted by Gasteiger charge is 2.42. The molecular weight excluding hydrogens is 240 g/mol. The molecule has 1 fully saturated rings. The SMILES string of the molecule is CC1(O)CN(S(=O)(=O)CCc2ccccn2)C1. The van der Waals surface area contributed by atoms with Crippen LogP contribution in [0.5, 0.6) is 0 Å². The molecular formula is C11H16N2O3S. The Morgan fingerprint density at radius 2 is 2.18 bits per heavy atom. The first kappa shape index (κ1) is 12.5. The van der Waals surface area contributed by atoms with Crippen molar-refractivity contribution in [1.29, 1.82) is 0 Å². The Morgan fingerprint density at radius 3 is 2.71 bits per heavy atom. The van der Waals surface area contributed by atoms with E-state index in [4.69, 9.17) is 0 Å². The van der Waals surface area contributed by atoms with E-state index in [0.29, 0.717) is 6.42 Å². The van der Waals surface area contributed by atoms with Gasteiger partial charge >= 0.3 is 0 Å². The number of aromatic nitrogens is 1. The second kappa shape index (κ2) is 4.36. The molecule has 0 amide bonds. The zero-order valence-electron chi connectivity index (χ0n) is 9.70. The summed E-state index contributed by atoms with van der Waals surface area (Å²) in [5, 5.41) is 9.51. The lowest BCUT2D eigenvalue weighted by Crippen LogP contribution is -2.62. The molecule has 1 aromatic rings. The van der Waals surface area contributed by atoms with E-state index < -0.39 is 15.6 Å². The largest absolute Gasteiger partial charge is 0.387 e. The molecule has 1 aliphatic rings. The Labute approximate surface area is 101 Å². The van der Waals surface area contributed by atoms with Gasteiger partial charge in [0.1, 0.15) is 0 Å². The summed E-state index contributed by atoms with van der Waals surface area (Å²) in [7, 11) is -3.26. The lowest BCUT2D eigenvalue weighted by Gasteiger charge is -2.42. The number of rotatable bonds is 4. The van der Waals surface area contributed by atoms with Gasteiger partial charge in [-0.25, -0.2) is 8.42 Å². The molecule has 0 spiro atoms. The van der Waals surface area contributed by atoms with Crippen molar-refractivity contribution >= 4 is 10.0 Å². The molecule has 2 rings (SSSR count). The van der Waals surface area contributed by atoms with Gasteiger partial charge in [0.05, 0.1) is 11.4 Å². The van der Waals surface area contributed by atoms with Gasteiger partial charge in [0.15, 0.2) is 0 Å². The van der Waals surface area contributed by atoms with Crippen molar-refractivity contribution in [1.82, 2.24) is 9.29 Å². The van der Waals surface area contributed by atoms with Crippen LogP contribution in [0.25, 0.3) is 0 Å². The maximum atomic E-state index is 11.9. The molecule has 0 atom stereocenters. The minimum atomic E-state index is -3.26. The molecule has 5 nitrogen and oxygen atoms in total. The Bertz CT molecular complexity index is 477. The number of aryl methyl sites for hydroxylation is 1. The van der Waals surface area contributed by atoms with Crippen LogP contribution in [0.4, 0.5) is 0 Å². The van der Waals surface area contributed by atoms with Gasteiger partial charge in [-0.2, -0.15) is 4.31 Å². The first-order chi connectivity index (χ1) is 7.89. The monoisotopic (exact) mass is 256 g/mol. The molecule has 0 radical (unpaired) electrons. The smallest absolute Gasteiger partial charge is 0.214 e. The number of nitrogens with zero attached hydrogens (tertiary/aromatic N) is 2. The van der Waals surface area contributed by atoms with Crippen LogP contribution in [-0.2, 0) is 16.4 Å². The van der Waals surface area contributed by atoms with Crippen LogP contribution in [0.1, 0.15) is 12.6 Å². The van der Waals surface area contributed by atoms with E-state index in [1.54, 1.807) is 19.2 Å². The highest BCUT2D eigenvalue weighted by molar-refractivity contribution is 7.89. The summed E-state index contributed by atoms with van der Waals surface area (Å²) in [4.78, 5) is 4.08. The van der Waals surface area contributed by atoms with Crippen LogP contribution in [0, 0.1) is 0 Å². The molecule has 0 unspecified atom stereocenters. The van der Waals surface area contributed by atoms with Gasteiger partial charge in [0.2, 0.25) is 10.0 Å². The van der Waals surface area contributed by atoms with Crippen molar-refractivity contribution in [3.8, 4) is 0 Å². The second-order valence-corrected chi connectivity index (χ2v) is 6.74. The maximum absolute atomic E-state index is 11.9. The van der Waals surface area contributed by atoms with E-state index in [1.165, 1.54) is 4.31 Å². The molecule has 1 N–H and O–H groups in total. The fraction of sp³-hybridized carbons (Fsp3) is 0.545. The number of β-amino-alcohol motifs (C(OH)–C–C–N with tert-alkyl or cyclic N) is 1. The standard InChI is InChI=1S/C11H16N2O3S/c1-11(14)8-13(9-11)17(15,16)7-5-10-4-2-3-6-12-10/h2-4,6,14H,5,7-9H2,1H3. The number of sulfonamides is 1. The van der Waals surface area contributed by atoms with E-state index in [-0.39, 0.29) is 18.8 Å². The minimum absolute atomic E-state index is 0.0418. The Balaban J connectivity index is 1.91. The Morgan fingerprint density at radius 1 is 1.47 bits per heavy atom. The van der Waals surface area contributed by atoms with Crippen molar-refractivity contribution in [3.05, 3.63) is 30.1 Å². The average molecular weight is 256 g/mol. The minimum Gasteiger partial charge on any atom is -0.387 e. The van der Waals surface area contributed by atoms with Crippen molar-refractivity contribution in [2.24, 2.45) is 0 Å². The lowest BCUT2D eigenvalue weighted by molar-refractivity contribution is -0.0426. The van der Waals surface area contributed by atoms with Crippen LogP contribution < -0.4 is 0 Å². The third kappa shape index (κ3) is 3.02. The molecule has 94 valence electrons. The summed E-state index contributed by atoms with van der Waals surface area (Å²) in [5.41, 5.74) is -0.0960. The number of hydrogen-bond acceptors (Lipinski definition) is 4. The normalized spacial score (nSPS) is 19.9. The zero-order valence-corrected chi connectivity index (χ0v) is 10.5. The van der Waals surface area contributed by atoms with Gasteiger partial charge in [-0.05, 0) is 19.1 Å². The second-order valence-electron chi connectivity index (χ2n) is 4.65. The number of aliphatic hydroxyl groups is 1. The quantitative estimate of drug-likeness (QED) is 0.824. The highest BCUT2D eigenvalue weighted by Crippen LogP contribution is 2.23. The van der Waals surface area contributed by atoms with Gasteiger partial charge < -0.3 is 5.11 Å². The molecule has 0 aromatic carbocycles. The first-order valence-electron chi connectivity index (χ1n) is 5.49. The van der Waals surface area contributed by atoms with Crippen LogP contribution in [0.3, 0.4) is 0 Å². The van der Waals surface area contributed by atoms with E-state index >= 15 is 0 Å². The van der Waals surface area contributed by atoms with Crippen LogP contribution in [-0.4, -0.2) is 47.3 Å². The third-order valence-corrected chi connectivity index (χ3v) is 4.53. The summed E-state index contributed by atoms with van der Waals surface area (Å²) < 4.78 is 25.0. The van der Waals surface area contributed by atoms with Crippen LogP contribution >= 0.6 is 0 Å². The predicted molar refractivity (Wildman–Crippen MR) is 63.9 cm³/mol. The predicted octanol–water partition coefficient (Wildman–Crippen LogP) is 0.0205. The van der Waals surface area contributed by atoms with Gasteiger partial charge in [-0.1, -0.05) is 6.07 Å². The summed E-state index contributed by atoms with van der Waals surface area (Å²) in [6.45, 7) is 2.02. The fourth-order valence-electron chi connectivity index (χ4n) is 1.82. The molecule has 17 heavy (non-hydrogen) atoms. The summed E-state index contributed by atoms with van der Waals surface area (Å²) in [6, 6.07) is 5.44. The lowest BCUT2D eigenvalue weighted by atomic mass is 10.0. The Kier molecular flexibility index (Phi) is 3.20. The summed E-state index contributed by atoms with van der Waals surface area (Å²) in [5.74, 6) is 0.0418. The van der Waals surface area contributed by atoms with E-state index in [1.807, 2.05) is 12.1 Å². The number of pyridine rings is 1. The molecule has 0 bridgehead atoms. The molecule has 2 heterocycles. The van der Waals surface area contributed by atoms with Crippen LogP contribution in [0.15, 0.2) is 24.4 Å². The molecule has 1 aliphatic heterocycles. The van der Waals surface area contributed by atoms with Gasteiger partial charge in [0, 0.05) is 31.4 Å². The maximum Gasteiger partial charge on any atom is 0.214 e. The molecule has 0 aliphatic carbocycles. The molecule has 1 saturated heterocycles. The van der Waals surface area contributed by atoms with Gasteiger partial charge in [-0.15, -0.1) is 0 Å². The topological polar surface area (TPSA) is 70.5 Å². The van der Waals surface area contributed by atoms with Crippen molar-refractivity contribution < 1.29 is 13.5 Å². The first-order valence-corrected chi connectivity index (χ1v) is 7.10. The Hall–Kier alpha value is -0.980. The third-order valence-electron chi connectivity index (χ3n) is 2.77. The van der Waals surface area contributed by atoms with Crippen molar-refractivity contribution in [3.63, 3.8) is 0 Å². The summed E-state index contributed by atoms with van der Waals surface area (Å²) >= 11 is 0. The molecule has 0 saturated carbocycles. The van der Waals surface area contributed by atoms with Gasteiger partial charge in [0.25, 0.3) is 0 Å². The number of hydrogen-bond donors (Lipinski definition) is 1. The van der Waals surface area contributed by atoms with Crippen LogP contribution in [0.2, 0.25) is 0 Å². The fourth-order valence-corrected chi connectivity index (χ4v) is 3.49. The van der Waals surface area contributed by atoms with E-state index in [9.17, 15) is 13.5 Å². The summed E-state index contributed by atoms with van der Waals surface area (Å²) in [6.07, 6.45) is 2.05. The van der Waals surface area contributed by atoms with E-state index in [2.05, 4.69) is 4.98 Å². The zero-order chi connectivity index (χ0) is 12.5. The molecule has 6 heteroatoms. The van der Waals surface area contributed by atoms with Gasteiger partial charge in [-0.3, -0.25) is 4.98 Å². The highest BCUT2D eigenvalue weighted by atomic mass is 32.2. The van der Waals surface area contributed by atoms with Crippen molar-refractivity contribution in [2.75, 3.05) is 18.8 Å². The van der Waals surface area contributed by atoms with E-state index in [0.717, 1.165) is 5.69 Å². The molecule has 1 aromatic heterocycles. The average Bonchev–Trinajstić information content (AvgIpc) is 2.25. The van der Waals surface area contributed by atoms with Crippen molar-refractivity contribution in [2.45, 2.75) is 18.9 Å².